The maximum absolute atomic E-state index is 12.4. The number of nitrogens with zero attached hydrogens (tertiary/aromatic N) is 1. The minimum absolute atomic E-state index is 0.0115. The number of fused-ring (bicyclic) bond motifs is 1. The first-order valence-corrected chi connectivity index (χ1v) is 10.0. The maximum Gasteiger partial charge on any atom is 0.363 e. The highest BCUT2D eigenvalue weighted by molar-refractivity contribution is 6.13. The molecular weight excluding hydrogens is 394 g/mol. The molecule has 0 spiro atoms. The van der Waals surface area contributed by atoms with E-state index < -0.39 is 5.97 Å². The first kappa shape index (κ1) is 19.1. The highest BCUT2D eigenvalue weighted by Gasteiger charge is 2.32. The van der Waals surface area contributed by atoms with Crippen LogP contribution in [0, 0.1) is 5.92 Å². The molecule has 0 saturated heterocycles. The summed E-state index contributed by atoms with van der Waals surface area (Å²) in [5.74, 6) is 0.260. The van der Waals surface area contributed by atoms with Crippen LogP contribution in [0.25, 0.3) is 16.8 Å². The van der Waals surface area contributed by atoms with Crippen molar-refractivity contribution in [1.82, 2.24) is 0 Å². The lowest BCUT2D eigenvalue weighted by atomic mass is 10.1. The smallest absolute Gasteiger partial charge is 0.363 e. The number of carbonyl (C=O) groups is 2. The van der Waals surface area contributed by atoms with Crippen LogP contribution in [0.5, 0.6) is 11.5 Å². The molecule has 3 aromatic rings. The summed E-state index contributed by atoms with van der Waals surface area (Å²) in [5, 5.41) is 2.14. The Balaban J connectivity index is 1.42. The molecule has 1 aliphatic carbocycles. The Bertz CT molecular complexity index is 1270. The fraction of sp³-hybridized carbons (Fsp3) is 0.160. The minimum Gasteiger partial charge on any atom is -0.493 e. The number of hydrogen-bond donors (Lipinski definition) is 0. The Morgan fingerprint density at radius 1 is 1.03 bits per heavy atom. The van der Waals surface area contributed by atoms with Gasteiger partial charge in [0, 0.05) is 5.56 Å². The molecule has 3 aromatic carbocycles. The van der Waals surface area contributed by atoms with Gasteiger partial charge >= 0.3 is 11.9 Å². The summed E-state index contributed by atoms with van der Waals surface area (Å²) in [6, 6.07) is 18.8. The van der Waals surface area contributed by atoms with Crippen LogP contribution in [0.1, 0.15) is 24.0 Å². The Labute approximate surface area is 178 Å². The van der Waals surface area contributed by atoms with E-state index in [9.17, 15) is 9.59 Å². The average molecular weight is 413 g/mol. The third-order valence-corrected chi connectivity index (χ3v) is 5.23. The topological polar surface area (TPSA) is 74.2 Å². The van der Waals surface area contributed by atoms with Crippen LogP contribution in [0.4, 0.5) is 0 Å². The van der Waals surface area contributed by atoms with Crippen LogP contribution < -0.4 is 9.47 Å². The van der Waals surface area contributed by atoms with E-state index in [1.165, 1.54) is 7.11 Å². The Morgan fingerprint density at radius 2 is 1.84 bits per heavy atom. The number of hydrogen-bond acceptors (Lipinski definition) is 6. The standard InChI is InChI=1S/C25H19NO5/c1-29-22-13-15(6-11-21(22)30-24(27)17-8-9-17)12-20-25(28)31-23(26-20)19-10-7-16-4-2-3-5-18(16)14-19/h2-7,10-14,17H,8-9H2,1H3/b20-12-. The SMILES string of the molecule is COc1cc(/C=C2\N=C(c3ccc4ccccc4c3)OC2=O)ccc1OC(=O)C1CC1. The molecule has 1 saturated carbocycles. The van der Waals surface area contributed by atoms with E-state index >= 15 is 0 Å². The Hall–Kier alpha value is -3.93. The zero-order valence-corrected chi connectivity index (χ0v) is 16.8. The highest BCUT2D eigenvalue weighted by Crippen LogP contribution is 2.34. The maximum atomic E-state index is 12.4. The average Bonchev–Trinajstić information content (AvgIpc) is 3.58. The van der Waals surface area contributed by atoms with Crippen molar-refractivity contribution in [2.75, 3.05) is 7.11 Å². The third-order valence-electron chi connectivity index (χ3n) is 5.23. The van der Waals surface area contributed by atoms with Crippen LogP contribution >= 0.6 is 0 Å². The summed E-state index contributed by atoms with van der Waals surface area (Å²) in [6.45, 7) is 0. The van der Waals surface area contributed by atoms with Crippen molar-refractivity contribution in [3.63, 3.8) is 0 Å². The lowest BCUT2D eigenvalue weighted by molar-refractivity contribution is -0.136. The van der Waals surface area contributed by atoms with Gasteiger partial charge in [-0.05, 0) is 59.5 Å². The van der Waals surface area contributed by atoms with Crippen LogP contribution in [-0.4, -0.2) is 24.9 Å². The molecule has 1 fully saturated rings. The van der Waals surface area contributed by atoms with Crippen LogP contribution in [0.2, 0.25) is 0 Å². The summed E-state index contributed by atoms with van der Waals surface area (Å²) in [6.07, 6.45) is 3.35. The molecule has 5 rings (SSSR count). The quantitative estimate of drug-likeness (QED) is 0.350. The molecular formula is C25H19NO5. The number of ether oxygens (including phenoxy) is 3. The van der Waals surface area contributed by atoms with Gasteiger partial charge in [0.05, 0.1) is 13.0 Å². The lowest BCUT2D eigenvalue weighted by Gasteiger charge is -2.09. The molecule has 0 amide bonds. The van der Waals surface area contributed by atoms with E-state index in [4.69, 9.17) is 14.2 Å². The molecule has 2 aliphatic rings. The lowest BCUT2D eigenvalue weighted by Crippen LogP contribution is -2.10. The first-order valence-electron chi connectivity index (χ1n) is 10.0. The Morgan fingerprint density at radius 3 is 2.61 bits per heavy atom. The number of cyclic esters (lactones) is 1. The highest BCUT2D eigenvalue weighted by atomic mass is 16.6. The van der Waals surface area contributed by atoms with Crippen LogP contribution in [0.15, 0.2) is 71.4 Å². The molecule has 0 N–H and O–H groups in total. The van der Waals surface area contributed by atoms with E-state index in [0.29, 0.717) is 17.1 Å². The summed E-state index contributed by atoms with van der Waals surface area (Å²) >= 11 is 0. The van der Waals surface area contributed by atoms with Crippen molar-refractivity contribution in [1.29, 1.82) is 0 Å². The predicted molar refractivity (Wildman–Crippen MR) is 116 cm³/mol. The van der Waals surface area contributed by atoms with E-state index in [2.05, 4.69) is 4.99 Å². The van der Waals surface area contributed by atoms with Crippen molar-refractivity contribution in [3.8, 4) is 11.5 Å². The van der Waals surface area contributed by atoms with E-state index in [1.54, 1.807) is 24.3 Å². The van der Waals surface area contributed by atoms with Gasteiger partial charge in [-0.25, -0.2) is 9.79 Å². The van der Waals surface area contributed by atoms with Gasteiger partial charge in [0.1, 0.15) is 0 Å². The van der Waals surface area contributed by atoms with E-state index in [1.807, 2.05) is 42.5 Å². The molecule has 0 radical (unpaired) electrons. The molecule has 0 aromatic heterocycles. The molecule has 154 valence electrons. The van der Waals surface area contributed by atoms with Gasteiger partial charge in [-0.3, -0.25) is 4.79 Å². The van der Waals surface area contributed by atoms with Gasteiger partial charge in [0.25, 0.3) is 0 Å². The second-order valence-corrected chi connectivity index (χ2v) is 7.50. The van der Waals surface area contributed by atoms with Gasteiger partial charge < -0.3 is 14.2 Å². The first-order chi connectivity index (χ1) is 15.1. The van der Waals surface area contributed by atoms with E-state index in [-0.39, 0.29) is 23.5 Å². The van der Waals surface area contributed by atoms with Crippen molar-refractivity contribution in [2.24, 2.45) is 10.9 Å². The summed E-state index contributed by atoms with van der Waals surface area (Å²) < 4.78 is 16.2. The van der Waals surface area contributed by atoms with E-state index in [0.717, 1.165) is 29.2 Å². The van der Waals surface area contributed by atoms with Gasteiger partial charge in [-0.15, -0.1) is 0 Å². The normalized spacial score (nSPS) is 16.9. The van der Waals surface area contributed by atoms with Crippen LogP contribution in [0.3, 0.4) is 0 Å². The number of carbonyl (C=O) groups excluding carboxylic acids is 2. The summed E-state index contributed by atoms with van der Waals surface area (Å²) in [5.41, 5.74) is 1.60. The predicted octanol–water partition coefficient (Wildman–Crippen LogP) is 4.51. The largest absolute Gasteiger partial charge is 0.493 e. The Kier molecular flexibility index (Phi) is 4.75. The molecule has 0 atom stereocenters. The van der Waals surface area contributed by atoms with Crippen molar-refractivity contribution < 1.29 is 23.8 Å². The fourth-order valence-electron chi connectivity index (χ4n) is 3.38. The number of methoxy groups -OCH3 is 1. The van der Waals surface area contributed by atoms with Crippen molar-refractivity contribution in [3.05, 3.63) is 77.5 Å². The second-order valence-electron chi connectivity index (χ2n) is 7.50. The minimum atomic E-state index is -0.522. The number of esters is 2. The monoisotopic (exact) mass is 413 g/mol. The van der Waals surface area contributed by atoms with Gasteiger partial charge in [0.15, 0.2) is 17.2 Å². The summed E-state index contributed by atoms with van der Waals surface area (Å²) in [7, 11) is 1.50. The summed E-state index contributed by atoms with van der Waals surface area (Å²) in [4.78, 5) is 28.7. The van der Waals surface area contributed by atoms with Gasteiger partial charge in [0.2, 0.25) is 5.90 Å². The van der Waals surface area contributed by atoms with Crippen LogP contribution in [-0.2, 0) is 14.3 Å². The number of rotatable bonds is 5. The molecule has 31 heavy (non-hydrogen) atoms. The van der Waals surface area contributed by atoms with Crippen molar-refractivity contribution in [2.45, 2.75) is 12.8 Å². The fourth-order valence-corrected chi connectivity index (χ4v) is 3.38. The zero-order valence-electron chi connectivity index (χ0n) is 16.8. The molecule has 1 aliphatic heterocycles. The zero-order chi connectivity index (χ0) is 21.4. The van der Waals surface area contributed by atoms with Gasteiger partial charge in [-0.1, -0.05) is 36.4 Å². The third kappa shape index (κ3) is 3.92. The molecule has 1 heterocycles. The number of aliphatic imine (C=N–C) groups is 1. The number of benzene rings is 3. The molecule has 0 unspecified atom stereocenters. The molecule has 6 nitrogen and oxygen atoms in total. The molecule has 0 bridgehead atoms. The molecule has 6 heteroatoms. The van der Waals surface area contributed by atoms with Crippen molar-refractivity contribution >= 4 is 34.7 Å². The van der Waals surface area contributed by atoms with Gasteiger partial charge in [-0.2, -0.15) is 0 Å². The second kappa shape index (κ2) is 7.72.